The van der Waals surface area contributed by atoms with Crippen molar-refractivity contribution in [1.29, 1.82) is 0 Å². The van der Waals surface area contributed by atoms with Gasteiger partial charge in [-0.25, -0.2) is 0 Å². The second-order valence-corrected chi connectivity index (χ2v) is 5.07. The van der Waals surface area contributed by atoms with Gasteiger partial charge in [0.2, 0.25) is 0 Å². The summed E-state index contributed by atoms with van der Waals surface area (Å²) in [7, 11) is 0. The fourth-order valence-corrected chi connectivity index (χ4v) is 1.69. The van der Waals surface area contributed by atoms with E-state index in [1.54, 1.807) is 0 Å². The Morgan fingerprint density at radius 2 is 1.73 bits per heavy atom. The molecule has 0 aliphatic rings. The van der Waals surface area contributed by atoms with Gasteiger partial charge in [0, 0.05) is 12.6 Å². The number of nitrogens with one attached hydrogen (secondary N) is 1. The Hall–Kier alpha value is -0.0800. The SMILES string of the molecule is CCC(CCO)CNC(C)CCC(C)C. The van der Waals surface area contributed by atoms with Crippen molar-refractivity contribution in [2.24, 2.45) is 11.8 Å². The molecule has 0 rings (SSSR count). The number of rotatable bonds is 9. The van der Waals surface area contributed by atoms with Crippen LogP contribution in [0.1, 0.15) is 53.4 Å². The smallest absolute Gasteiger partial charge is 0.0434 e. The molecule has 0 bridgehead atoms. The largest absolute Gasteiger partial charge is 0.396 e. The van der Waals surface area contributed by atoms with Gasteiger partial charge in [-0.2, -0.15) is 0 Å². The van der Waals surface area contributed by atoms with Crippen LogP contribution in [0.2, 0.25) is 0 Å². The predicted molar refractivity (Wildman–Crippen MR) is 67.0 cm³/mol. The molecule has 2 nitrogen and oxygen atoms in total. The van der Waals surface area contributed by atoms with E-state index in [-0.39, 0.29) is 0 Å². The van der Waals surface area contributed by atoms with Crippen molar-refractivity contribution in [1.82, 2.24) is 5.32 Å². The summed E-state index contributed by atoms with van der Waals surface area (Å²) in [5.41, 5.74) is 0. The van der Waals surface area contributed by atoms with Crippen molar-refractivity contribution in [3.63, 3.8) is 0 Å². The first-order valence-corrected chi connectivity index (χ1v) is 6.44. The van der Waals surface area contributed by atoms with E-state index < -0.39 is 0 Å². The molecule has 0 spiro atoms. The Morgan fingerprint density at radius 3 is 2.20 bits per heavy atom. The molecule has 2 unspecified atom stereocenters. The Kier molecular flexibility index (Phi) is 9.12. The van der Waals surface area contributed by atoms with Crippen molar-refractivity contribution >= 4 is 0 Å². The molecule has 0 aromatic rings. The average Bonchev–Trinajstić information content (AvgIpc) is 2.21. The maximum absolute atomic E-state index is 8.88. The fraction of sp³-hybridized carbons (Fsp3) is 1.00. The Labute approximate surface area is 95.5 Å². The zero-order valence-electron chi connectivity index (χ0n) is 10.9. The molecule has 0 saturated carbocycles. The maximum Gasteiger partial charge on any atom is 0.0434 e. The van der Waals surface area contributed by atoms with E-state index in [1.807, 2.05) is 0 Å². The third-order valence-corrected chi connectivity index (χ3v) is 3.05. The van der Waals surface area contributed by atoms with Crippen LogP contribution in [-0.2, 0) is 0 Å². The first-order valence-electron chi connectivity index (χ1n) is 6.44. The van der Waals surface area contributed by atoms with Crippen LogP contribution in [0, 0.1) is 11.8 Å². The van der Waals surface area contributed by atoms with Crippen LogP contribution < -0.4 is 5.32 Å². The van der Waals surface area contributed by atoms with E-state index in [4.69, 9.17) is 5.11 Å². The molecule has 0 radical (unpaired) electrons. The zero-order valence-corrected chi connectivity index (χ0v) is 10.9. The summed E-state index contributed by atoms with van der Waals surface area (Å²) >= 11 is 0. The number of hydrogen-bond donors (Lipinski definition) is 2. The Balaban J connectivity index is 3.54. The molecule has 92 valence electrons. The van der Waals surface area contributed by atoms with E-state index in [0.29, 0.717) is 18.6 Å². The molecule has 0 aliphatic heterocycles. The van der Waals surface area contributed by atoms with Gasteiger partial charge in [-0.05, 0) is 44.6 Å². The van der Waals surface area contributed by atoms with Crippen LogP contribution >= 0.6 is 0 Å². The van der Waals surface area contributed by atoms with Crippen molar-refractivity contribution in [2.45, 2.75) is 59.4 Å². The number of hydrogen-bond acceptors (Lipinski definition) is 2. The van der Waals surface area contributed by atoms with Crippen LogP contribution in [0.4, 0.5) is 0 Å². The lowest BCUT2D eigenvalue weighted by atomic mass is 10.0. The Morgan fingerprint density at radius 1 is 1.07 bits per heavy atom. The molecule has 0 aromatic heterocycles. The second kappa shape index (κ2) is 9.17. The standard InChI is InChI=1S/C13H29NO/c1-5-13(8-9-15)10-14-12(4)7-6-11(2)3/h11-15H,5-10H2,1-4H3. The van der Waals surface area contributed by atoms with Gasteiger partial charge in [-0.15, -0.1) is 0 Å². The average molecular weight is 215 g/mol. The molecular formula is C13H29NO. The third kappa shape index (κ3) is 8.88. The topological polar surface area (TPSA) is 32.3 Å². The van der Waals surface area contributed by atoms with Crippen molar-refractivity contribution < 1.29 is 5.11 Å². The monoisotopic (exact) mass is 215 g/mol. The molecule has 0 fully saturated rings. The number of aliphatic hydroxyl groups is 1. The van der Waals surface area contributed by atoms with E-state index in [9.17, 15) is 0 Å². The minimum Gasteiger partial charge on any atom is -0.396 e. The minimum absolute atomic E-state index is 0.320. The van der Waals surface area contributed by atoms with Crippen LogP contribution in [0.25, 0.3) is 0 Å². The van der Waals surface area contributed by atoms with Gasteiger partial charge in [-0.3, -0.25) is 0 Å². The second-order valence-electron chi connectivity index (χ2n) is 5.07. The van der Waals surface area contributed by atoms with Crippen LogP contribution in [0.5, 0.6) is 0 Å². The highest BCUT2D eigenvalue weighted by Gasteiger charge is 2.08. The summed E-state index contributed by atoms with van der Waals surface area (Å²) in [6, 6.07) is 0.611. The predicted octanol–water partition coefficient (Wildman–Crippen LogP) is 2.81. The van der Waals surface area contributed by atoms with Gasteiger partial charge in [0.15, 0.2) is 0 Å². The molecule has 2 atom stereocenters. The fourth-order valence-electron chi connectivity index (χ4n) is 1.69. The lowest BCUT2D eigenvalue weighted by molar-refractivity contribution is 0.248. The zero-order chi connectivity index (χ0) is 11.7. The molecule has 0 saturated heterocycles. The summed E-state index contributed by atoms with van der Waals surface area (Å²) in [4.78, 5) is 0. The molecule has 0 heterocycles. The van der Waals surface area contributed by atoms with E-state index in [2.05, 4.69) is 33.0 Å². The van der Waals surface area contributed by atoms with Crippen molar-refractivity contribution in [3.05, 3.63) is 0 Å². The molecule has 0 aromatic carbocycles. The van der Waals surface area contributed by atoms with Crippen LogP contribution in [-0.4, -0.2) is 24.3 Å². The first kappa shape index (κ1) is 14.9. The first-order chi connectivity index (χ1) is 7.10. The molecular weight excluding hydrogens is 186 g/mol. The normalized spacial score (nSPS) is 15.6. The van der Waals surface area contributed by atoms with Crippen LogP contribution in [0.15, 0.2) is 0 Å². The van der Waals surface area contributed by atoms with Gasteiger partial charge in [-0.1, -0.05) is 27.2 Å². The van der Waals surface area contributed by atoms with Gasteiger partial charge >= 0.3 is 0 Å². The van der Waals surface area contributed by atoms with Gasteiger partial charge in [0.1, 0.15) is 0 Å². The molecule has 2 N–H and O–H groups in total. The van der Waals surface area contributed by atoms with Gasteiger partial charge in [0.05, 0.1) is 0 Å². The van der Waals surface area contributed by atoms with Gasteiger partial charge in [0.25, 0.3) is 0 Å². The Bertz CT molecular complexity index is 136. The van der Waals surface area contributed by atoms with E-state index in [0.717, 1.165) is 25.3 Å². The lowest BCUT2D eigenvalue weighted by Crippen LogP contribution is -2.31. The van der Waals surface area contributed by atoms with Crippen molar-refractivity contribution in [3.8, 4) is 0 Å². The highest BCUT2D eigenvalue weighted by atomic mass is 16.3. The van der Waals surface area contributed by atoms with Crippen LogP contribution in [0.3, 0.4) is 0 Å². The lowest BCUT2D eigenvalue weighted by Gasteiger charge is -2.19. The van der Waals surface area contributed by atoms with Crippen molar-refractivity contribution in [2.75, 3.05) is 13.2 Å². The summed E-state index contributed by atoms with van der Waals surface area (Å²) < 4.78 is 0. The number of aliphatic hydroxyl groups excluding tert-OH is 1. The highest BCUT2D eigenvalue weighted by Crippen LogP contribution is 2.09. The maximum atomic E-state index is 8.88. The van der Waals surface area contributed by atoms with E-state index in [1.165, 1.54) is 12.8 Å². The summed E-state index contributed by atoms with van der Waals surface area (Å²) in [6.07, 6.45) is 4.64. The molecule has 2 heteroatoms. The molecule has 0 amide bonds. The summed E-state index contributed by atoms with van der Waals surface area (Å²) in [5, 5.41) is 12.4. The summed E-state index contributed by atoms with van der Waals surface area (Å²) in [6.45, 7) is 10.4. The summed E-state index contributed by atoms with van der Waals surface area (Å²) in [5.74, 6) is 1.44. The van der Waals surface area contributed by atoms with E-state index >= 15 is 0 Å². The third-order valence-electron chi connectivity index (χ3n) is 3.05. The minimum atomic E-state index is 0.320. The molecule has 0 aliphatic carbocycles. The highest BCUT2D eigenvalue weighted by molar-refractivity contribution is 4.66. The van der Waals surface area contributed by atoms with Gasteiger partial charge < -0.3 is 10.4 Å². The quantitative estimate of drug-likeness (QED) is 0.620. The molecule has 15 heavy (non-hydrogen) atoms.